The van der Waals surface area contributed by atoms with E-state index in [4.69, 9.17) is 9.05 Å². The van der Waals surface area contributed by atoms with Crippen LogP contribution in [0.2, 0.25) is 0 Å². The Labute approximate surface area is 87.0 Å². The van der Waals surface area contributed by atoms with Gasteiger partial charge in [0.05, 0.1) is 12.3 Å². The second-order valence-electron chi connectivity index (χ2n) is 2.69. The van der Waals surface area contributed by atoms with Gasteiger partial charge in [-0.2, -0.15) is 0 Å². The largest absolute Gasteiger partial charge is 0.387 e. The molecule has 0 saturated carbocycles. The fraction of sp³-hybridized carbons (Fsp3) is 0.500. The molecule has 0 fully saturated rings. The Bertz CT molecular complexity index is 303. The molecule has 1 atom stereocenters. The van der Waals surface area contributed by atoms with Crippen LogP contribution in [0, 0.1) is 0 Å². The van der Waals surface area contributed by atoms with Gasteiger partial charge in [0.25, 0.3) is 0 Å². The van der Waals surface area contributed by atoms with E-state index in [9.17, 15) is 9.67 Å². The summed E-state index contributed by atoms with van der Waals surface area (Å²) in [5.41, 5.74) is 0. The van der Waals surface area contributed by atoms with Crippen LogP contribution < -0.4 is 0 Å². The molecule has 1 aromatic rings. The third-order valence-electron chi connectivity index (χ3n) is 1.82. The van der Waals surface area contributed by atoms with Crippen molar-refractivity contribution in [3.05, 3.63) is 22.4 Å². The van der Waals surface area contributed by atoms with E-state index in [1.807, 2.05) is 11.4 Å². The summed E-state index contributed by atoms with van der Waals surface area (Å²) in [4.78, 5) is 0.763. The molecule has 0 aliphatic carbocycles. The van der Waals surface area contributed by atoms with Gasteiger partial charge >= 0.3 is 7.60 Å². The van der Waals surface area contributed by atoms with Gasteiger partial charge in [0, 0.05) is 19.1 Å². The maximum Gasteiger partial charge on any atom is 0.333 e. The highest BCUT2D eigenvalue weighted by molar-refractivity contribution is 7.53. The highest BCUT2D eigenvalue weighted by atomic mass is 32.1. The Hall–Kier alpha value is -0.190. The fourth-order valence-electron chi connectivity index (χ4n) is 1.01. The fourth-order valence-corrected chi connectivity index (χ4v) is 2.91. The van der Waals surface area contributed by atoms with Crippen LogP contribution in [0.25, 0.3) is 0 Å². The van der Waals surface area contributed by atoms with Gasteiger partial charge in [0.15, 0.2) is 0 Å². The summed E-state index contributed by atoms with van der Waals surface area (Å²) < 4.78 is 21.1. The molecule has 1 heterocycles. The zero-order valence-corrected chi connectivity index (χ0v) is 9.75. The molecule has 4 nitrogen and oxygen atoms in total. The summed E-state index contributed by atoms with van der Waals surface area (Å²) in [6, 6.07) is 3.61. The molecule has 1 N–H and O–H groups in total. The lowest BCUT2D eigenvalue weighted by atomic mass is 10.3. The summed E-state index contributed by atoms with van der Waals surface area (Å²) in [6.07, 6.45) is -0.804. The van der Waals surface area contributed by atoms with E-state index < -0.39 is 13.7 Å². The molecule has 0 aliphatic heterocycles. The molecule has 1 rings (SSSR count). The van der Waals surface area contributed by atoms with E-state index in [-0.39, 0.29) is 6.16 Å². The SMILES string of the molecule is COP(=O)(CC(O)c1cccs1)OC. The van der Waals surface area contributed by atoms with Crippen molar-refractivity contribution in [3.63, 3.8) is 0 Å². The van der Waals surface area contributed by atoms with E-state index in [0.717, 1.165) is 4.88 Å². The molecule has 0 radical (unpaired) electrons. The van der Waals surface area contributed by atoms with Crippen LogP contribution in [0.4, 0.5) is 0 Å². The second-order valence-corrected chi connectivity index (χ2v) is 5.99. The molecule has 6 heteroatoms. The van der Waals surface area contributed by atoms with Crippen LogP contribution in [0.15, 0.2) is 17.5 Å². The normalized spacial score (nSPS) is 14.2. The van der Waals surface area contributed by atoms with Crippen LogP contribution in [0.3, 0.4) is 0 Å². The van der Waals surface area contributed by atoms with Gasteiger partial charge in [-0.3, -0.25) is 4.57 Å². The molecule has 0 aliphatic rings. The first-order valence-electron chi connectivity index (χ1n) is 4.03. The van der Waals surface area contributed by atoms with Crippen molar-refractivity contribution in [2.75, 3.05) is 20.4 Å². The van der Waals surface area contributed by atoms with Gasteiger partial charge in [-0.25, -0.2) is 0 Å². The van der Waals surface area contributed by atoms with Gasteiger partial charge in [0.2, 0.25) is 0 Å². The third-order valence-corrected chi connectivity index (χ3v) is 4.70. The Morgan fingerprint density at radius 1 is 1.57 bits per heavy atom. The molecular formula is C8H13O4PS. The zero-order valence-electron chi connectivity index (χ0n) is 8.04. The summed E-state index contributed by atoms with van der Waals surface area (Å²) in [5.74, 6) is 0. The lowest BCUT2D eigenvalue weighted by Crippen LogP contribution is -2.04. The minimum atomic E-state index is -3.12. The van der Waals surface area contributed by atoms with Crippen molar-refractivity contribution in [1.82, 2.24) is 0 Å². The van der Waals surface area contributed by atoms with E-state index in [1.54, 1.807) is 6.07 Å². The highest BCUT2D eigenvalue weighted by Gasteiger charge is 2.26. The van der Waals surface area contributed by atoms with Crippen molar-refractivity contribution < 1.29 is 18.7 Å². The predicted octanol–water partition coefficient (Wildman–Crippen LogP) is 2.27. The standard InChI is InChI=1S/C8H13O4PS/c1-11-13(10,12-2)6-7(9)8-4-3-5-14-8/h3-5,7,9H,6H2,1-2H3. The number of thiophene rings is 1. The van der Waals surface area contributed by atoms with Crippen molar-refractivity contribution in [1.29, 1.82) is 0 Å². The van der Waals surface area contributed by atoms with Gasteiger partial charge in [-0.1, -0.05) is 6.07 Å². The van der Waals surface area contributed by atoms with Crippen LogP contribution in [-0.4, -0.2) is 25.5 Å². The van der Waals surface area contributed by atoms with Crippen molar-refractivity contribution in [3.8, 4) is 0 Å². The molecule has 0 spiro atoms. The molecule has 1 unspecified atom stereocenters. The van der Waals surface area contributed by atoms with E-state index in [1.165, 1.54) is 25.6 Å². The van der Waals surface area contributed by atoms with Gasteiger partial charge in [-0.15, -0.1) is 11.3 Å². The zero-order chi connectivity index (χ0) is 10.6. The topological polar surface area (TPSA) is 55.8 Å². The number of hydrogen-bond acceptors (Lipinski definition) is 5. The Morgan fingerprint density at radius 3 is 2.64 bits per heavy atom. The Balaban J connectivity index is 2.65. The average Bonchev–Trinajstić information content (AvgIpc) is 2.70. The number of rotatable bonds is 5. The third kappa shape index (κ3) is 2.90. The van der Waals surface area contributed by atoms with Gasteiger partial charge in [-0.05, 0) is 11.4 Å². The molecule has 80 valence electrons. The van der Waals surface area contributed by atoms with Crippen molar-refractivity contribution in [2.24, 2.45) is 0 Å². The van der Waals surface area contributed by atoms with Crippen molar-refractivity contribution in [2.45, 2.75) is 6.10 Å². The molecule has 14 heavy (non-hydrogen) atoms. The Morgan fingerprint density at radius 2 is 2.21 bits per heavy atom. The highest BCUT2D eigenvalue weighted by Crippen LogP contribution is 2.49. The smallest absolute Gasteiger partial charge is 0.333 e. The summed E-state index contributed by atoms with van der Waals surface area (Å²) in [7, 11) is -0.500. The van der Waals surface area contributed by atoms with Crippen LogP contribution in [-0.2, 0) is 13.6 Å². The molecule has 0 saturated heterocycles. The van der Waals surface area contributed by atoms with E-state index >= 15 is 0 Å². The summed E-state index contributed by atoms with van der Waals surface area (Å²) in [5, 5.41) is 11.5. The number of aliphatic hydroxyl groups excluding tert-OH is 1. The van der Waals surface area contributed by atoms with E-state index in [0.29, 0.717) is 0 Å². The maximum atomic E-state index is 11.7. The van der Waals surface area contributed by atoms with Gasteiger partial charge in [0.1, 0.15) is 0 Å². The number of hydrogen-bond donors (Lipinski definition) is 1. The quantitative estimate of drug-likeness (QED) is 0.797. The van der Waals surface area contributed by atoms with Crippen molar-refractivity contribution >= 4 is 18.9 Å². The minimum absolute atomic E-state index is 0.0134. The molecule has 1 aromatic heterocycles. The molecule has 0 amide bonds. The van der Waals surface area contributed by atoms with Crippen LogP contribution >= 0.6 is 18.9 Å². The Kier molecular flexibility index (Phi) is 4.29. The predicted molar refractivity (Wildman–Crippen MR) is 55.8 cm³/mol. The van der Waals surface area contributed by atoms with Gasteiger partial charge < -0.3 is 14.2 Å². The van der Waals surface area contributed by atoms with E-state index in [2.05, 4.69) is 0 Å². The first kappa shape index (κ1) is 11.9. The molecule has 0 aromatic carbocycles. The van der Waals surface area contributed by atoms with Crippen LogP contribution in [0.5, 0.6) is 0 Å². The monoisotopic (exact) mass is 236 g/mol. The average molecular weight is 236 g/mol. The lowest BCUT2D eigenvalue weighted by Gasteiger charge is -2.16. The molecule has 0 bridgehead atoms. The maximum absolute atomic E-state index is 11.7. The summed E-state index contributed by atoms with van der Waals surface area (Å²) in [6.45, 7) is 0. The second kappa shape index (κ2) is 5.05. The summed E-state index contributed by atoms with van der Waals surface area (Å²) >= 11 is 1.41. The lowest BCUT2D eigenvalue weighted by molar-refractivity contribution is 0.187. The number of aliphatic hydroxyl groups is 1. The van der Waals surface area contributed by atoms with Crippen LogP contribution in [0.1, 0.15) is 11.0 Å². The first-order chi connectivity index (χ1) is 6.61. The molecular weight excluding hydrogens is 223 g/mol. The minimum Gasteiger partial charge on any atom is -0.387 e. The first-order valence-corrected chi connectivity index (χ1v) is 6.64.